The first-order chi connectivity index (χ1) is 8.79. The lowest BCUT2D eigenvalue weighted by molar-refractivity contribution is 0.241. The Morgan fingerprint density at radius 1 is 1.17 bits per heavy atom. The molecular formula is C13H21N5. The summed E-state index contributed by atoms with van der Waals surface area (Å²) in [6.45, 7) is 6.14. The van der Waals surface area contributed by atoms with Gasteiger partial charge in [-0.1, -0.05) is 0 Å². The van der Waals surface area contributed by atoms with Crippen LogP contribution in [-0.4, -0.2) is 56.8 Å². The van der Waals surface area contributed by atoms with Crippen LogP contribution in [0.1, 0.15) is 18.7 Å². The topological polar surface area (TPSA) is 37.2 Å². The summed E-state index contributed by atoms with van der Waals surface area (Å²) in [4.78, 5) is 5.29. The fourth-order valence-corrected chi connectivity index (χ4v) is 3.64. The smallest absolute Gasteiger partial charge is 0.146 e. The van der Waals surface area contributed by atoms with Crippen molar-refractivity contribution in [2.75, 3.05) is 26.2 Å². The van der Waals surface area contributed by atoms with Gasteiger partial charge in [0.1, 0.15) is 12.2 Å². The normalized spacial score (nSPS) is 33.2. The average Bonchev–Trinajstić information content (AvgIpc) is 2.85. The molecule has 1 aromatic heterocycles. The van der Waals surface area contributed by atoms with E-state index in [9.17, 15) is 0 Å². The van der Waals surface area contributed by atoms with Crippen LogP contribution in [0.2, 0.25) is 0 Å². The van der Waals surface area contributed by atoms with Crippen molar-refractivity contribution < 1.29 is 0 Å². The Hall–Kier alpha value is -0.940. The standard InChI is InChI=1S/C13H21N5/c1-16-9-14-15-13(16)8-17-4-10-6-18(12-2-3-12)7-11(10)5-17/h9-12H,2-8H2,1H3. The SMILES string of the molecule is Cn1cnnc1CN1CC2CN(C3CC3)CC2C1. The molecule has 4 rings (SSSR count). The van der Waals surface area contributed by atoms with Gasteiger partial charge in [-0.15, -0.1) is 10.2 Å². The van der Waals surface area contributed by atoms with Crippen LogP contribution >= 0.6 is 0 Å². The molecule has 0 bridgehead atoms. The Labute approximate surface area is 108 Å². The molecule has 1 saturated carbocycles. The highest BCUT2D eigenvalue weighted by Gasteiger charge is 2.44. The van der Waals surface area contributed by atoms with Crippen molar-refractivity contribution in [1.29, 1.82) is 0 Å². The zero-order chi connectivity index (χ0) is 12.1. The van der Waals surface area contributed by atoms with Crippen LogP contribution in [0.15, 0.2) is 6.33 Å². The van der Waals surface area contributed by atoms with Crippen molar-refractivity contribution in [3.8, 4) is 0 Å². The summed E-state index contributed by atoms with van der Waals surface area (Å²) in [6.07, 6.45) is 4.69. The molecule has 0 spiro atoms. The lowest BCUT2D eigenvalue weighted by Crippen LogP contribution is -2.30. The molecule has 0 aromatic carbocycles. The number of rotatable bonds is 3. The molecule has 2 unspecified atom stereocenters. The molecule has 3 fully saturated rings. The van der Waals surface area contributed by atoms with Gasteiger partial charge in [0.05, 0.1) is 6.54 Å². The van der Waals surface area contributed by atoms with Crippen molar-refractivity contribution >= 4 is 0 Å². The van der Waals surface area contributed by atoms with Gasteiger partial charge in [-0.2, -0.15) is 0 Å². The van der Waals surface area contributed by atoms with Crippen molar-refractivity contribution in [3.05, 3.63) is 12.2 Å². The van der Waals surface area contributed by atoms with Gasteiger partial charge in [0, 0.05) is 39.3 Å². The van der Waals surface area contributed by atoms with Crippen molar-refractivity contribution in [2.24, 2.45) is 18.9 Å². The molecule has 1 aromatic rings. The molecule has 1 aliphatic carbocycles. The number of aromatic nitrogens is 3. The second kappa shape index (κ2) is 4.03. The van der Waals surface area contributed by atoms with Gasteiger partial charge >= 0.3 is 0 Å². The molecule has 0 amide bonds. The number of fused-ring (bicyclic) bond motifs is 1. The van der Waals surface area contributed by atoms with E-state index < -0.39 is 0 Å². The van der Waals surface area contributed by atoms with Crippen LogP contribution in [0.5, 0.6) is 0 Å². The van der Waals surface area contributed by atoms with Crippen LogP contribution < -0.4 is 0 Å². The summed E-state index contributed by atoms with van der Waals surface area (Å²) in [7, 11) is 2.03. The minimum atomic E-state index is 0.902. The van der Waals surface area contributed by atoms with Gasteiger partial charge in [0.15, 0.2) is 0 Å². The molecule has 2 atom stereocenters. The third-order valence-corrected chi connectivity index (χ3v) is 4.82. The first kappa shape index (κ1) is 10.9. The molecule has 2 aliphatic heterocycles. The van der Waals surface area contributed by atoms with Crippen molar-refractivity contribution in [3.63, 3.8) is 0 Å². The first-order valence-electron chi connectivity index (χ1n) is 7.09. The summed E-state index contributed by atoms with van der Waals surface area (Å²) < 4.78 is 2.03. The minimum absolute atomic E-state index is 0.902. The van der Waals surface area contributed by atoms with Crippen LogP contribution in [0.4, 0.5) is 0 Å². The summed E-state index contributed by atoms with van der Waals surface area (Å²) in [5.74, 6) is 2.90. The molecule has 5 nitrogen and oxygen atoms in total. The van der Waals surface area contributed by atoms with E-state index in [0.717, 1.165) is 30.2 Å². The summed E-state index contributed by atoms with van der Waals surface area (Å²) in [5.41, 5.74) is 0. The van der Waals surface area contributed by atoms with E-state index in [1.807, 2.05) is 11.6 Å². The predicted molar refractivity (Wildman–Crippen MR) is 67.9 cm³/mol. The maximum absolute atomic E-state index is 4.19. The Balaban J connectivity index is 1.37. The van der Waals surface area contributed by atoms with E-state index >= 15 is 0 Å². The zero-order valence-electron chi connectivity index (χ0n) is 11.0. The molecule has 2 saturated heterocycles. The second-order valence-corrected chi connectivity index (χ2v) is 6.26. The monoisotopic (exact) mass is 247 g/mol. The van der Waals surface area contributed by atoms with E-state index in [1.165, 1.54) is 39.0 Å². The summed E-state index contributed by atoms with van der Waals surface area (Å²) >= 11 is 0. The summed E-state index contributed by atoms with van der Waals surface area (Å²) in [5, 5.41) is 8.14. The van der Waals surface area contributed by atoms with Crippen molar-refractivity contribution in [2.45, 2.75) is 25.4 Å². The van der Waals surface area contributed by atoms with Gasteiger partial charge in [-0.05, 0) is 24.7 Å². The van der Waals surface area contributed by atoms with Gasteiger partial charge < -0.3 is 4.57 Å². The highest BCUT2D eigenvalue weighted by Crippen LogP contribution is 2.37. The van der Waals surface area contributed by atoms with E-state index in [1.54, 1.807) is 6.33 Å². The lowest BCUT2D eigenvalue weighted by atomic mass is 10.0. The molecular weight excluding hydrogens is 226 g/mol. The minimum Gasteiger partial charge on any atom is -0.320 e. The molecule has 5 heteroatoms. The van der Waals surface area contributed by atoms with Gasteiger partial charge in [0.2, 0.25) is 0 Å². The number of nitrogens with zero attached hydrogens (tertiary/aromatic N) is 5. The number of hydrogen-bond acceptors (Lipinski definition) is 4. The van der Waals surface area contributed by atoms with E-state index in [4.69, 9.17) is 0 Å². The zero-order valence-corrected chi connectivity index (χ0v) is 11.0. The highest BCUT2D eigenvalue weighted by molar-refractivity contribution is 4.99. The van der Waals surface area contributed by atoms with Gasteiger partial charge in [-0.3, -0.25) is 9.80 Å². The van der Waals surface area contributed by atoms with E-state index in [2.05, 4.69) is 20.0 Å². The summed E-state index contributed by atoms with van der Waals surface area (Å²) in [6, 6.07) is 0.947. The fraction of sp³-hybridized carbons (Fsp3) is 0.846. The maximum Gasteiger partial charge on any atom is 0.146 e. The highest BCUT2D eigenvalue weighted by atomic mass is 15.3. The fourth-order valence-electron chi connectivity index (χ4n) is 3.64. The Bertz CT molecular complexity index is 424. The molecule has 3 heterocycles. The van der Waals surface area contributed by atoms with Crippen LogP contribution in [0.3, 0.4) is 0 Å². The maximum atomic E-state index is 4.19. The average molecular weight is 247 g/mol. The number of likely N-dealkylation sites (tertiary alicyclic amines) is 2. The third-order valence-electron chi connectivity index (χ3n) is 4.82. The van der Waals surface area contributed by atoms with Crippen LogP contribution in [-0.2, 0) is 13.6 Å². The van der Waals surface area contributed by atoms with Crippen LogP contribution in [0, 0.1) is 11.8 Å². The number of hydrogen-bond donors (Lipinski definition) is 0. The molecule has 98 valence electrons. The van der Waals surface area contributed by atoms with Gasteiger partial charge in [-0.25, -0.2) is 0 Å². The van der Waals surface area contributed by atoms with Crippen LogP contribution in [0.25, 0.3) is 0 Å². The molecule has 18 heavy (non-hydrogen) atoms. The third kappa shape index (κ3) is 1.86. The second-order valence-electron chi connectivity index (χ2n) is 6.26. The lowest BCUT2D eigenvalue weighted by Gasteiger charge is -2.20. The predicted octanol–water partition coefficient (Wildman–Crippen LogP) is 0.341. The van der Waals surface area contributed by atoms with E-state index in [0.29, 0.717) is 0 Å². The molecule has 0 N–H and O–H groups in total. The van der Waals surface area contributed by atoms with E-state index in [-0.39, 0.29) is 0 Å². The van der Waals surface area contributed by atoms with Gasteiger partial charge in [0.25, 0.3) is 0 Å². The number of aryl methyl sites for hydroxylation is 1. The molecule has 0 radical (unpaired) electrons. The quantitative estimate of drug-likeness (QED) is 0.772. The Kier molecular flexibility index (Phi) is 2.45. The Morgan fingerprint density at radius 3 is 2.44 bits per heavy atom. The molecule has 3 aliphatic rings. The van der Waals surface area contributed by atoms with Crippen molar-refractivity contribution in [1.82, 2.24) is 24.6 Å². The Morgan fingerprint density at radius 2 is 1.89 bits per heavy atom. The largest absolute Gasteiger partial charge is 0.320 e. The first-order valence-corrected chi connectivity index (χ1v) is 7.09.